The van der Waals surface area contributed by atoms with Gasteiger partial charge in [-0.1, -0.05) is 12.8 Å². The molecule has 1 amide bonds. The predicted molar refractivity (Wildman–Crippen MR) is 113 cm³/mol. The van der Waals surface area contributed by atoms with Crippen molar-refractivity contribution in [2.24, 2.45) is 0 Å². The van der Waals surface area contributed by atoms with E-state index < -0.39 is 0 Å². The van der Waals surface area contributed by atoms with E-state index in [-0.39, 0.29) is 5.91 Å². The zero-order valence-electron chi connectivity index (χ0n) is 15.8. The Bertz CT molecular complexity index is 604. The van der Waals surface area contributed by atoms with Crippen molar-refractivity contribution in [2.45, 2.75) is 44.9 Å². The van der Waals surface area contributed by atoms with Gasteiger partial charge in [0.15, 0.2) is 5.11 Å². The molecule has 0 aromatic carbocycles. The maximum atomic E-state index is 12.4. The molecule has 1 aromatic rings. The molecule has 8 heteroatoms. The van der Waals surface area contributed by atoms with Crippen molar-refractivity contribution in [1.82, 2.24) is 21.1 Å². The van der Waals surface area contributed by atoms with Gasteiger partial charge in [-0.15, -0.1) is 11.3 Å². The third kappa shape index (κ3) is 6.71. The van der Waals surface area contributed by atoms with E-state index in [1.165, 1.54) is 36.1 Å². The van der Waals surface area contributed by atoms with Crippen molar-refractivity contribution in [1.29, 1.82) is 0 Å². The SMILES string of the molecule is O=C(NNC(=S)NCCCN1CCOCC1)c1cc2c(s1)CCCCCC2. The highest BCUT2D eigenvalue weighted by atomic mass is 32.1. The molecule has 0 unspecified atom stereocenters. The Balaban J connectivity index is 1.34. The van der Waals surface area contributed by atoms with Crippen LogP contribution >= 0.6 is 23.6 Å². The summed E-state index contributed by atoms with van der Waals surface area (Å²) in [6.07, 6.45) is 8.25. The van der Waals surface area contributed by atoms with Gasteiger partial charge < -0.3 is 10.1 Å². The number of carbonyl (C=O) groups is 1. The summed E-state index contributed by atoms with van der Waals surface area (Å²) in [4.78, 5) is 16.9. The largest absolute Gasteiger partial charge is 0.379 e. The van der Waals surface area contributed by atoms with Gasteiger partial charge in [-0.25, -0.2) is 0 Å². The molecule has 0 bridgehead atoms. The van der Waals surface area contributed by atoms with E-state index >= 15 is 0 Å². The Labute approximate surface area is 171 Å². The van der Waals surface area contributed by atoms with Crippen LogP contribution in [0, 0.1) is 0 Å². The van der Waals surface area contributed by atoms with Crippen LogP contribution in [0.5, 0.6) is 0 Å². The molecule has 1 aromatic heterocycles. The van der Waals surface area contributed by atoms with E-state index in [9.17, 15) is 4.79 Å². The lowest BCUT2D eigenvalue weighted by Crippen LogP contribution is -2.47. The van der Waals surface area contributed by atoms with E-state index in [2.05, 4.69) is 27.1 Å². The topological polar surface area (TPSA) is 65.6 Å². The van der Waals surface area contributed by atoms with Crippen LogP contribution in [-0.2, 0) is 17.6 Å². The third-order valence-electron chi connectivity index (χ3n) is 5.05. The van der Waals surface area contributed by atoms with E-state index in [0.717, 1.165) is 63.5 Å². The number of ether oxygens (including phenoxy) is 1. The molecule has 2 aliphatic rings. The number of thiocarbonyl (C=S) groups is 1. The molecule has 1 saturated heterocycles. The van der Waals surface area contributed by atoms with Gasteiger partial charge in [-0.3, -0.25) is 20.5 Å². The average Bonchev–Trinajstić information content (AvgIpc) is 3.06. The van der Waals surface area contributed by atoms with Gasteiger partial charge in [0.1, 0.15) is 0 Å². The van der Waals surface area contributed by atoms with Crippen molar-refractivity contribution in [3.8, 4) is 0 Å². The lowest BCUT2D eigenvalue weighted by molar-refractivity contribution is 0.0376. The Morgan fingerprint density at radius 2 is 1.93 bits per heavy atom. The number of hydrogen-bond acceptors (Lipinski definition) is 5. The Hall–Kier alpha value is -1.22. The minimum Gasteiger partial charge on any atom is -0.379 e. The highest BCUT2D eigenvalue weighted by molar-refractivity contribution is 7.80. The molecular weight excluding hydrogens is 380 g/mol. The fraction of sp³-hybridized carbons (Fsp3) is 0.684. The van der Waals surface area contributed by atoms with Crippen LogP contribution in [0.2, 0.25) is 0 Å². The molecule has 0 radical (unpaired) electrons. The highest BCUT2D eigenvalue weighted by Crippen LogP contribution is 2.28. The van der Waals surface area contributed by atoms with Crippen LogP contribution in [0.4, 0.5) is 0 Å². The molecule has 0 saturated carbocycles. The van der Waals surface area contributed by atoms with Gasteiger partial charge in [-0.05, 0) is 62.5 Å². The summed E-state index contributed by atoms with van der Waals surface area (Å²) < 4.78 is 5.35. The second kappa shape index (κ2) is 10.9. The van der Waals surface area contributed by atoms with Gasteiger partial charge in [0, 0.05) is 24.5 Å². The minimum atomic E-state index is -0.107. The summed E-state index contributed by atoms with van der Waals surface area (Å²) in [5.41, 5.74) is 6.89. The first-order valence-corrected chi connectivity index (χ1v) is 11.2. The van der Waals surface area contributed by atoms with Gasteiger partial charge in [-0.2, -0.15) is 0 Å². The Kier molecular flexibility index (Phi) is 8.32. The molecule has 3 rings (SSSR count). The molecular formula is C19H30N4O2S2. The van der Waals surface area contributed by atoms with Crippen molar-refractivity contribution in [3.05, 3.63) is 21.4 Å². The number of hydrazine groups is 1. The first kappa shape index (κ1) is 20.5. The number of morpholine rings is 1. The van der Waals surface area contributed by atoms with Gasteiger partial charge in [0.25, 0.3) is 5.91 Å². The fourth-order valence-corrected chi connectivity index (χ4v) is 4.81. The lowest BCUT2D eigenvalue weighted by Gasteiger charge is -2.26. The molecule has 150 valence electrons. The average molecular weight is 411 g/mol. The van der Waals surface area contributed by atoms with Gasteiger partial charge >= 0.3 is 0 Å². The molecule has 1 aliphatic carbocycles. The standard InChI is InChI=1S/C19H30N4O2S2/c24-18(17-14-15-6-3-1-2-4-7-16(15)27-17)21-22-19(26)20-8-5-9-23-10-12-25-13-11-23/h14H,1-13H2,(H,21,24)(H2,20,22,26). The second-order valence-electron chi connectivity index (χ2n) is 7.12. The number of hydrogen-bond donors (Lipinski definition) is 3. The molecule has 2 heterocycles. The molecule has 3 N–H and O–H groups in total. The molecule has 0 atom stereocenters. The van der Waals surface area contributed by atoms with Gasteiger partial charge in [0.2, 0.25) is 0 Å². The van der Waals surface area contributed by atoms with Crippen molar-refractivity contribution < 1.29 is 9.53 Å². The van der Waals surface area contributed by atoms with Crippen LogP contribution in [0.3, 0.4) is 0 Å². The maximum absolute atomic E-state index is 12.4. The molecule has 27 heavy (non-hydrogen) atoms. The maximum Gasteiger partial charge on any atom is 0.279 e. The minimum absolute atomic E-state index is 0.107. The fourth-order valence-electron chi connectivity index (χ4n) is 3.50. The smallest absolute Gasteiger partial charge is 0.279 e. The van der Waals surface area contributed by atoms with E-state index in [1.54, 1.807) is 11.3 Å². The van der Waals surface area contributed by atoms with Crippen LogP contribution in [0.15, 0.2) is 6.07 Å². The van der Waals surface area contributed by atoms with Crippen molar-refractivity contribution in [3.63, 3.8) is 0 Å². The second-order valence-corrected chi connectivity index (χ2v) is 8.66. The van der Waals surface area contributed by atoms with Crippen LogP contribution in [-0.4, -0.2) is 55.3 Å². The van der Waals surface area contributed by atoms with Crippen LogP contribution < -0.4 is 16.2 Å². The first-order valence-electron chi connectivity index (χ1n) is 9.98. The number of amides is 1. The molecule has 6 nitrogen and oxygen atoms in total. The normalized spacial score (nSPS) is 18.1. The zero-order chi connectivity index (χ0) is 18.9. The molecule has 0 spiro atoms. The number of nitrogens with one attached hydrogen (secondary N) is 3. The number of nitrogens with zero attached hydrogens (tertiary/aromatic N) is 1. The van der Waals surface area contributed by atoms with Crippen LogP contribution in [0.25, 0.3) is 0 Å². The van der Waals surface area contributed by atoms with E-state index in [0.29, 0.717) is 5.11 Å². The summed E-state index contributed by atoms with van der Waals surface area (Å²) >= 11 is 6.87. The van der Waals surface area contributed by atoms with E-state index in [4.69, 9.17) is 17.0 Å². The zero-order valence-corrected chi connectivity index (χ0v) is 17.5. The summed E-state index contributed by atoms with van der Waals surface area (Å²) in [6.45, 7) is 5.47. The number of aryl methyl sites for hydroxylation is 2. The van der Waals surface area contributed by atoms with Crippen molar-refractivity contribution >= 4 is 34.6 Å². The number of thiophene rings is 1. The van der Waals surface area contributed by atoms with E-state index in [1.807, 2.05) is 0 Å². The summed E-state index contributed by atoms with van der Waals surface area (Å²) in [5, 5.41) is 3.60. The van der Waals surface area contributed by atoms with Gasteiger partial charge in [0.05, 0.1) is 18.1 Å². The molecule has 1 aliphatic heterocycles. The quantitative estimate of drug-likeness (QED) is 0.393. The summed E-state index contributed by atoms with van der Waals surface area (Å²) in [7, 11) is 0. The molecule has 1 fully saturated rings. The third-order valence-corrected chi connectivity index (χ3v) is 6.53. The number of rotatable bonds is 5. The van der Waals surface area contributed by atoms with Crippen molar-refractivity contribution in [2.75, 3.05) is 39.4 Å². The summed E-state index contributed by atoms with van der Waals surface area (Å²) in [5.74, 6) is -0.107. The Morgan fingerprint density at radius 3 is 2.74 bits per heavy atom. The lowest BCUT2D eigenvalue weighted by atomic mass is 10.00. The van der Waals surface area contributed by atoms with Crippen LogP contribution in [0.1, 0.15) is 52.2 Å². The Morgan fingerprint density at radius 1 is 1.15 bits per heavy atom. The number of fused-ring (bicyclic) bond motifs is 1. The summed E-state index contributed by atoms with van der Waals surface area (Å²) in [6, 6.07) is 2.06. The number of carbonyl (C=O) groups excluding carboxylic acids is 1. The first-order chi connectivity index (χ1) is 13.2. The monoisotopic (exact) mass is 410 g/mol. The predicted octanol–water partition coefficient (Wildman–Crippen LogP) is 2.24. The highest BCUT2D eigenvalue weighted by Gasteiger charge is 2.16.